The lowest BCUT2D eigenvalue weighted by Crippen LogP contribution is -2.34. The quantitative estimate of drug-likeness (QED) is 0.476. The smallest absolute Gasteiger partial charge is 0.0307 e. The van der Waals surface area contributed by atoms with Crippen LogP contribution in [-0.4, -0.2) is 0 Å². The first-order chi connectivity index (χ1) is 13.5. The SMILES string of the molecule is CCC1(C)CC(C)CC(C)(C)C1.CCc1ccc(C)cc1.Cc1cccc(C)c1. The van der Waals surface area contributed by atoms with Crippen LogP contribution in [0.3, 0.4) is 0 Å². The summed E-state index contributed by atoms with van der Waals surface area (Å²) in [4.78, 5) is 0. The Balaban J connectivity index is 0.000000223. The minimum atomic E-state index is 0.586. The van der Waals surface area contributed by atoms with Crippen LogP contribution < -0.4 is 0 Å². The fourth-order valence-corrected chi connectivity index (χ4v) is 5.06. The normalized spacial score (nSPS) is 22.6. The zero-order valence-corrected chi connectivity index (χ0v) is 20.7. The summed E-state index contributed by atoms with van der Waals surface area (Å²) >= 11 is 0. The maximum Gasteiger partial charge on any atom is -0.0307 e. The number of aryl methyl sites for hydroxylation is 4. The standard InChI is InChI=1S/C12H24.C9H12.C8H10/c1-6-12(5)8-10(2)7-11(3,4)9-12;1-3-9-6-4-8(2)5-7-9;1-7-4-3-5-8(2)6-7/h10H,6-9H2,1-5H3;4-7H,3H2,1-2H3;3-6H,1-2H3. The summed E-state index contributed by atoms with van der Waals surface area (Å²) in [5.41, 5.74) is 6.65. The predicted molar refractivity (Wildman–Crippen MR) is 132 cm³/mol. The van der Waals surface area contributed by atoms with Crippen LogP contribution in [0.2, 0.25) is 0 Å². The Morgan fingerprint density at radius 2 is 1.34 bits per heavy atom. The molecule has 0 radical (unpaired) electrons. The van der Waals surface area contributed by atoms with Crippen LogP contribution >= 0.6 is 0 Å². The van der Waals surface area contributed by atoms with E-state index in [1.54, 1.807) is 0 Å². The molecule has 1 fully saturated rings. The Hall–Kier alpha value is -1.56. The fraction of sp³-hybridized carbons (Fsp3) is 0.586. The first-order valence-electron chi connectivity index (χ1n) is 11.6. The summed E-state index contributed by atoms with van der Waals surface area (Å²) in [5.74, 6) is 0.929. The minimum Gasteiger partial charge on any atom is -0.0649 e. The van der Waals surface area contributed by atoms with Crippen LogP contribution in [0.1, 0.15) is 89.5 Å². The zero-order valence-electron chi connectivity index (χ0n) is 20.7. The third-order valence-electron chi connectivity index (χ3n) is 6.20. The summed E-state index contributed by atoms with van der Waals surface area (Å²) in [7, 11) is 0. The Morgan fingerprint density at radius 1 is 0.793 bits per heavy atom. The van der Waals surface area contributed by atoms with E-state index in [2.05, 4.69) is 111 Å². The van der Waals surface area contributed by atoms with Crippen molar-refractivity contribution in [3.8, 4) is 0 Å². The van der Waals surface area contributed by atoms with Crippen LogP contribution in [0, 0.1) is 37.5 Å². The first-order valence-corrected chi connectivity index (χ1v) is 11.6. The van der Waals surface area contributed by atoms with Gasteiger partial charge in [0.2, 0.25) is 0 Å². The van der Waals surface area contributed by atoms with Gasteiger partial charge in [0, 0.05) is 0 Å². The number of benzene rings is 2. The summed E-state index contributed by atoms with van der Waals surface area (Å²) < 4.78 is 0. The molecule has 2 unspecified atom stereocenters. The third kappa shape index (κ3) is 10.2. The van der Waals surface area contributed by atoms with E-state index < -0.39 is 0 Å². The van der Waals surface area contributed by atoms with E-state index in [4.69, 9.17) is 0 Å². The molecular formula is C29H46. The highest BCUT2D eigenvalue weighted by molar-refractivity contribution is 5.21. The summed E-state index contributed by atoms with van der Waals surface area (Å²) in [6.45, 7) is 20.6. The van der Waals surface area contributed by atoms with Crippen LogP contribution in [0.25, 0.3) is 0 Å². The summed E-state index contributed by atoms with van der Waals surface area (Å²) in [5, 5.41) is 0. The monoisotopic (exact) mass is 394 g/mol. The third-order valence-corrected chi connectivity index (χ3v) is 6.20. The maximum absolute atomic E-state index is 2.46. The summed E-state index contributed by atoms with van der Waals surface area (Å²) in [6, 6.07) is 17.1. The lowest BCUT2D eigenvalue weighted by Gasteiger charge is -2.45. The van der Waals surface area contributed by atoms with Crippen LogP contribution in [0.5, 0.6) is 0 Å². The van der Waals surface area contributed by atoms with Crippen molar-refractivity contribution in [2.45, 2.75) is 94.4 Å². The van der Waals surface area contributed by atoms with Gasteiger partial charge in [-0.15, -0.1) is 0 Å². The van der Waals surface area contributed by atoms with Gasteiger partial charge < -0.3 is 0 Å². The van der Waals surface area contributed by atoms with Gasteiger partial charge in [0.05, 0.1) is 0 Å². The van der Waals surface area contributed by atoms with Crippen molar-refractivity contribution in [1.29, 1.82) is 0 Å². The highest BCUT2D eigenvalue weighted by Crippen LogP contribution is 2.49. The molecule has 0 N–H and O–H groups in total. The molecule has 2 aromatic carbocycles. The Labute approximate surface area is 182 Å². The second kappa shape index (κ2) is 11.6. The van der Waals surface area contributed by atoms with Crippen LogP contribution in [0.4, 0.5) is 0 Å². The van der Waals surface area contributed by atoms with Gasteiger partial charge in [-0.05, 0) is 68.8 Å². The molecule has 0 aliphatic heterocycles. The highest BCUT2D eigenvalue weighted by Gasteiger charge is 2.38. The largest absolute Gasteiger partial charge is 0.0649 e. The van der Waals surface area contributed by atoms with Gasteiger partial charge >= 0.3 is 0 Å². The van der Waals surface area contributed by atoms with E-state index in [1.165, 1.54) is 47.9 Å². The Bertz CT molecular complexity index is 690. The van der Waals surface area contributed by atoms with Crippen LogP contribution in [0.15, 0.2) is 48.5 Å². The summed E-state index contributed by atoms with van der Waals surface area (Å²) in [6.07, 6.45) is 6.76. The van der Waals surface area contributed by atoms with Crippen LogP contribution in [-0.2, 0) is 6.42 Å². The molecule has 1 aliphatic rings. The van der Waals surface area contributed by atoms with E-state index in [-0.39, 0.29) is 0 Å². The molecule has 0 bridgehead atoms. The lowest BCUT2D eigenvalue weighted by molar-refractivity contribution is 0.0582. The molecule has 0 saturated heterocycles. The van der Waals surface area contributed by atoms with E-state index in [9.17, 15) is 0 Å². The lowest BCUT2D eigenvalue weighted by atomic mass is 9.60. The highest BCUT2D eigenvalue weighted by atomic mass is 14.4. The topological polar surface area (TPSA) is 0 Å². The maximum atomic E-state index is 2.46. The molecule has 3 rings (SSSR count). The van der Waals surface area contributed by atoms with E-state index in [1.807, 2.05) is 0 Å². The van der Waals surface area contributed by atoms with Crippen molar-refractivity contribution >= 4 is 0 Å². The molecule has 1 aliphatic carbocycles. The molecule has 0 heterocycles. The van der Waals surface area contributed by atoms with Gasteiger partial charge in [-0.25, -0.2) is 0 Å². The minimum absolute atomic E-state index is 0.586. The van der Waals surface area contributed by atoms with E-state index in [0.717, 1.165) is 12.3 Å². The fourth-order valence-electron chi connectivity index (χ4n) is 5.06. The van der Waals surface area contributed by atoms with Gasteiger partial charge in [0.15, 0.2) is 0 Å². The average molecular weight is 395 g/mol. The molecule has 0 amide bonds. The molecule has 0 nitrogen and oxygen atoms in total. The van der Waals surface area contributed by atoms with Gasteiger partial charge in [-0.2, -0.15) is 0 Å². The van der Waals surface area contributed by atoms with Gasteiger partial charge in [0.25, 0.3) is 0 Å². The van der Waals surface area contributed by atoms with Crippen molar-refractivity contribution in [2.75, 3.05) is 0 Å². The average Bonchev–Trinajstić information content (AvgIpc) is 2.61. The molecular weight excluding hydrogens is 348 g/mol. The Morgan fingerprint density at radius 3 is 1.72 bits per heavy atom. The van der Waals surface area contributed by atoms with Gasteiger partial charge in [-0.3, -0.25) is 0 Å². The van der Waals surface area contributed by atoms with Gasteiger partial charge in [-0.1, -0.05) is 113 Å². The number of hydrogen-bond donors (Lipinski definition) is 0. The number of hydrogen-bond acceptors (Lipinski definition) is 0. The van der Waals surface area contributed by atoms with Crippen molar-refractivity contribution in [3.05, 3.63) is 70.8 Å². The molecule has 2 atom stereocenters. The van der Waals surface area contributed by atoms with Gasteiger partial charge in [0.1, 0.15) is 0 Å². The second-order valence-corrected chi connectivity index (χ2v) is 10.5. The number of rotatable bonds is 2. The van der Waals surface area contributed by atoms with Crippen molar-refractivity contribution in [3.63, 3.8) is 0 Å². The molecule has 0 heteroatoms. The Kier molecular flexibility index (Phi) is 10.2. The van der Waals surface area contributed by atoms with Crippen molar-refractivity contribution in [2.24, 2.45) is 16.7 Å². The molecule has 162 valence electrons. The molecule has 1 saturated carbocycles. The molecule has 2 aromatic rings. The van der Waals surface area contributed by atoms with E-state index in [0.29, 0.717) is 10.8 Å². The van der Waals surface area contributed by atoms with Crippen molar-refractivity contribution < 1.29 is 0 Å². The predicted octanol–water partition coefficient (Wildman–Crippen LogP) is 9.11. The zero-order chi connectivity index (χ0) is 22.1. The first kappa shape index (κ1) is 25.5. The molecule has 0 aromatic heterocycles. The molecule has 29 heavy (non-hydrogen) atoms. The van der Waals surface area contributed by atoms with Crippen molar-refractivity contribution in [1.82, 2.24) is 0 Å². The van der Waals surface area contributed by atoms with E-state index >= 15 is 0 Å². The second-order valence-electron chi connectivity index (χ2n) is 10.5. The molecule has 0 spiro atoms.